The van der Waals surface area contributed by atoms with Crippen LogP contribution in [0.3, 0.4) is 0 Å². The molecule has 0 bridgehead atoms. The number of halogens is 1. The molecule has 3 heteroatoms. The molecular weight excluding hydrogens is 196 g/mol. The standard InChI is InChI=1S/C11H17ClN2/c1-6-3-4-8-9(5-14-11(8)12)10(6)7(2)13/h5-7,10,14H,3-4,13H2,1-2H3. The first-order chi connectivity index (χ1) is 6.61. The minimum atomic E-state index is 0.205. The van der Waals surface area contributed by atoms with E-state index in [2.05, 4.69) is 18.8 Å². The first-order valence-corrected chi connectivity index (χ1v) is 5.60. The second-order valence-electron chi connectivity index (χ2n) is 4.44. The Kier molecular flexibility index (Phi) is 2.58. The number of hydrogen-bond acceptors (Lipinski definition) is 1. The van der Waals surface area contributed by atoms with Crippen LogP contribution in [0.5, 0.6) is 0 Å². The van der Waals surface area contributed by atoms with Gasteiger partial charge >= 0.3 is 0 Å². The average Bonchev–Trinajstić information content (AvgIpc) is 2.47. The van der Waals surface area contributed by atoms with Crippen molar-refractivity contribution < 1.29 is 0 Å². The highest BCUT2D eigenvalue weighted by atomic mass is 35.5. The normalized spacial score (nSPS) is 28.6. The summed E-state index contributed by atoms with van der Waals surface area (Å²) in [5, 5.41) is 0.803. The Labute approximate surface area is 89.8 Å². The van der Waals surface area contributed by atoms with Crippen LogP contribution in [0.1, 0.15) is 37.3 Å². The van der Waals surface area contributed by atoms with E-state index in [1.807, 2.05) is 6.20 Å². The van der Waals surface area contributed by atoms with Gasteiger partial charge in [0.15, 0.2) is 0 Å². The van der Waals surface area contributed by atoms with Gasteiger partial charge in [0.1, 0.15) is 5.15 Å². The Morgan fingerprint density at radius 3 is 3.00 bits per heavy atom. The lowest BCUT2D eigenvalue weighted by atomic mass is 9.74. The lowest BCUT2D eigenvalue weighted by Crippen LogP contribution is -2.32. The molecule has 0 fully saturated rings. The molecule has 1 aromatic heterocycles. The summed E-state index contributed by atoms with van der Waals surface area (Å²) in [7, 11) is 0. The van der Waals surface area contributed by atoms with Gasteiger partial charge in [0.2, 0.25) is 0 Å². The average molecular weight is 213 g/mol. The van der Waals surface area contributed by atoms with Crippen LogP contribution in [0.2, 0.25) is 5.15 Å². The Morgan fingerprint density at radius 2 is 2.36 bits per heavy atom. The zero-order valence-electron chi connectivity index (χ0n) is 8.68. The highest BCUT2D eigenvalue weighted by Crippen LogP contribution is 2.40. The zero-order chi connectivity index (χ0) is 10.3. The smallest absolute Gasteiger partial charge is 0.109 e. The summed E-state index contributed by atoms with van der Waals surface area (Å²) in [4.78, 5) is 3.09. The highest BCUT2D eigenvalue weighted by molar-refractivity contribution is 6.30. The summed E-state index contributed by atoms with van der Waals surface area (Å²) in [6.45, 7) is 4.36. The molecule has 1 aliphatic carbocycles. The predicted octanol–water partition coefficient (Wildman–Crippen LogP) is 2.68. The van der Waals surface area contributed by atoms with E-state index in [1.54, 1.807) is 0 Å². The molecule has 0 saturated carbocycles. The van der Waals surface area contributed by atoms with Crippen molar-refractivity contribution in [1.29, 1.82) is 0 Å². The van der Waals surface area contributed by atoms with Crippen molar-refractivity contribution in [3.05, 3.63) is 22.5 Å². The van der Waals surface area contributed by atoms with Crippen LogP contribution < -0.4 is 5.73 Å². The molecule has 1 aromatic rings. The maximum absolute atomic E-state index is 6.08. The molecule has 2 rings (SSSR count). The number of rotatable bonds is 1. The largest absolute Gasteiger partial charge is 0.352 e. The molecule has 1 aliphatic rings. The molecule has 3 atom stereocenters. The molecule has 3 N–H and O–H groups in total. The Bertz CT molecular complexity index is 330. The molecular formula is C11H17ClN2. The third kappa shape index (κ3) is 1.47. The molecule has 1 heterocycles. The third-order valence-corrected chi connectivity index (χ3v) is 3.69. The summed E-state index contributed by atoms with van der Waals surface area (Å²) in [5.41, 5.74) is 8.65. The van der Waals surface area contributed by atoms with Crippen LogP contribution in [-0.4, -0.2) is 11.0 Å². The van der Waals surface area contributed by atoms with Crippen molar-refractivity contribution in [2.24, 2.45) is 11.7 Å². The Balaban J connectivity index is 2.42. The monoisotopic (exact) mass is 212 g/mol. The molecule has 14 heavy (non-hydrogen) atoms. The minimum absolute atomic E-state index is 0.205. The molecule has 0 saturated heterocycles. The first kappa shape index (κ1) is 10.1. The quantitative estimate of drug-likeness (QED) is 0.739. The molecule has 0 radical (unpaired) electrons. The maximum atomic E-state index is 6.08. The van der Waals surface area contributed by atoms with Crippen molar-refractivity contribution >= 4 is 11.6 Å². The topological polar surface area (TPSA) is 41.8 Å². The fraction of sp³-hybridized carbons (Fsp3) is 0.636. The zero-order valence-corrected chi connectivity index (χ0v) is 9.43. The Morgan fingerprint density at radius 1 is 1.64 bits per heavy atom. The van der Waals surface area contributed by atoms with Crippen molar-refractivity contribution in [2.75, 3.05) is 0 Å². The van der Waals surface area contributed by atoms with Gasteiger partial charge in [0.25, 0.3) is 0 Å². The van der Waals surface area contributed by atoms with Gasteiger partial charge in [-0.1, -0.05) is 18.5 Å². The van der Waals surface area contributed by atoms with Gasteiger partial charge in [-0.25, -0.2) is 0 Å². The van der Waals surface area contributed by atoms with E-state index in [-0.39, 0.29) is 6.04 Å². The van der Waals surface area contributed by atoms with Crippen LogP contribution in [0.15, 0.2) is 6.20 Å². The van der Waals surface area contributed by atoms with E-state index in [9.17, 15) is 0 Å². The molecule has 0 aliphatic heterocycles. The number of nitrogens with one attached hydrogen (secondary N) is 1. The number of aromatic amines is 1. The van der Waals surface area contributed by atoms with Crippen molar-refractivity contribution in [1.82, 2.24) is 4.98 Å². The number of hydrogen-bond donors (Lipinski definition) is 2. The summed E-state index contributed by atoms with van der Waals surface area (Å²) in [6, 6.07) is 0.205. The second-order valence-corrected chi connectivity index (χ2v) is 4.82. The molecule has 2 nitrogen and oxygen atoms in total. The van der Waals surface area contributed by atoms with Crippen LogP contribution >= 0.6 is 11.6 Å². The van der Waals surface area contributed by atoms with Gasteiger partial charge < -0.3 is 10.7 Å². The molecule has 0 amide bonds. The third-order valence-electron chi connectivity index (χ3n) is 3.36. The van der Waals surface area contributed by atoms with E-state index >= 15 is 0 Å². The molecule has 0 spiro atoms. The maximum Gasteiger partial charge on any atom is 0.109 e. The van der Waals surface area contributed by atoms with Gasteiger partial charge in [0, 0.05) is 18.2 Å². The fourth-order valence-electron chi connectivity index (χ4n) is 2.65. The van der Waals surface area contributed by atoms with Crippen LogP contribution in [-0.2, 0) is 6.42 Å². The van der Waals surface area contributed by atoms with Gasteiger partial charge in [-0.2, -0.15) is 0 Å². The first-order valence-electron chi connectivity index (χ1n) is 5.22. The van der Waals surface area contributed by atoms with Crippen molar-refractivity contribution in [3.8, 4) is 0 Å². The second kappa shape index (κ2) is 3.59. The van der Waals surface area contributed by atoms with Gasteiger partial charge in [0.05, 0.1) is 0 Å². The lowest BCUT2D eigenvalue weighted by Gasteiger charge is -2.32. The number of nitrogens with two attached hydrogens (primary N) is 1. The fourth-order valence-corrected chi connectivity index (χ4v) is 2.91. The van der Waals surface area contributed by atoms with Gasteiger partial charge in [-0.3, -0.25) is 0 Å². The minimum Gasteiger partial charge on any atom is -0.352 e. The highest BCUT2D eigenvalue weighted by Gasteiger charge is 2.31. The molecule has 78 valence electrons. The predicted molar refractivity (Wildman–Crippen MR) is 59.7 cm³/mol. The molecule has 3 unspecified atom stereocenters. The van der Waals surface area contributed by atoms with E-state index in [0.717, 1.165) is 11.6 Å². The summed E-state index contributed by atoms with van der Waals surface area (Å²) in [6.07, 6.45) is 4.31. The lowest BCUT2D eigenvalue weighted by molar-refractivity contribution is 0.363. The van der Waals surface area contributed by atoms with E-state index in [4.69, 9.17) is 17.3 Å². The van der Waals surface area contributed by atoms with Gasteiger partial charge in [-0.15, -0.1) is 0 Å². The van der Waals surface area contributed by atoms with Crippen LogP contribution in [0.25, 0.3) is 0 Å². The Hall–Kier alpha value is -0.470. The van der Waals surface area contributed by atoms with Crippen molar-refractivity contribution in [2.45, 2.75) is 38.6 Å². The summed E-state index contributed by atoms with van der Waals surface area (Å²) in [5.74, 6) is 1.12. The van der Waals surface area contributed by atoms with E-state index < -0.39 is 0 Å². The van der Waals surface area contributed by atoms with Crippen LogP contribution in [0, 0.1) is 5.92 Å². The van der Waals surface area contributed by atoms with Crippen molar-refractivity contribution in [3.63, 3.8) is 0 Å². The van der Waals surface area contributed by atoms with Crippen LogP contribution in [0.4, 0.5) is 0 Å². The number of fused-ring (bicyclic) bond motifs is 1. The summed E-state index contributed by atoms with van der Waals surface area (Å²) < 4.78 is 0. The van der Waals surface area contributed by atoms with E-state index in [1.165, 1.54) is 17.5 Å². The number of H-pyrrole nitrogens is 1. The number of aromatic nitrogens is 1. The SMILES string of the molecule is CC(N)C1c2c[nH]c(Cl)c2CCC1C. The van der Waals surface area contributed by atoms with Gasteiger partial charge in [-0.05, 0) is 36.8 Å². The molecule has 0 aromatic carbocycles. The summed E-state index contributed by atoms with van der Waals surface area (Å²) >= 11 is 6.08. The van der Waals surface area contributed by atoms with E-state index in [0.29, 0.717) is 11.8 Å².